The van der Waals surface area contributed by atoms with Gasteiger partial charge in [0.15, 0.2) is 5.78 Å². The van der Waals surface area contributed by atoms with Crippen LogP contribution in [0.15, 0.2) is 28.2 Å². The molecule has 1 aromatic carbocycles. The zero-order valence-electron chi connectivity index (χ0n) is 11.7. The Balaban J connectivity index is 3.08. The van der Waals surface area contributed by atoms with E-state index in [4.69, 9.17) is 14.7 Å². The number of carbonyl (C=O) groups is 2. The van der Waals surface area contributed by atoms with Crippen molar-refractivity contribution in [2.24, 2.45) is 0 Å². The van der Waals surface area contributed by atoms with Crippen molar-refractivity contribution in [2.75, 3.05) is 13.7 Å². The van der Waals surface area contributed by atoms with Gasteiger partial charge in [0.1, 0.15) is 17.9 Å². The Morgan fingerprint density at radius 2 is 2.14 bits per heavy atom. The summed E-state index contributed by atoms with van der Waals surface area (Å²) in [7, 11) is 1.50. The van der Waals surface area contributed by atoms with Gasteiger partial charge in [-0.2, -0.15) is 5.26 Å². The number of benzene rings is 1. The average molecular weight is 352 g/mol. The quantitative estimate of drug-likeness (QED) is 0.259. The van der Waals surface area contributed by atoms with Gasteiger partial charge >= 0.3 is 5.97 Å². The molecule has 0 fully saturated rings. The Labute approximate surface area is 131 Å². The van der Waals surface area contributed by atoms with Gasteiger partial charge in [0.25, 0.3) is 0 Å². The molecule has 0 spiro atoms. The minimum Gasteiger partial charge on any atom is -0.496 e. The lowest BCUT2D eigenvalue weighted by molar-refractivity contribution is -0.140. The molecule has 0 heterocycles. The zero-order valence-corrected chi connectivity index (χ0v) is 13.3. The number of halogens is 1. The molecular formula is C15H14BrNO4. The molecule has 0 unspecified atom stereocenters. The van der Waals surface area contributed by atoms with Crippen LogP contribution in [0.4, 0.5) is 0 Å². The normalized spacial score (nSPS) is 10.7. The summed E-state index contributed by atoms with van der Waals surface area (Å²) in [6.45, 7) is 1.24. The lowest BCUT2D eigenvalue weighted by Crippen LogP contribution is -2.14. The highest BCUT2D eigenvalue weighted by Crippen LogP contribution is 2.26. The van der Waals surface area contributed by atoms with Crippen LogP contribution in [0, 0.1) is 11.3 Å². The van der Waals surface area contributed by atoms with Gasteiger partial charge in [0.05, 0.1) is 19.6 Å². The third-order valence-corrected chi connectivity index (χ3v) is 3.03. The van der Waals surface area contributed by atoms with Gasteiger partial charge in [0.2, 0.25) is 0 Å². The summed E-state index contributed by atoms with van der Waals surface area (Å²) in [6.07, 6.45) is 1.50. The number of hydrogen-bond acceptors (Lipinski definition) is 5. The number of ether oxygens (including phenoxy) is 2. The standard InChI is InChI=1S/C15H14BrNO4/c1-10(18)13(15(19)21-7-3-6-17)8-11-4-5-12(16)9-14(11)20-2/h4-5,8-9H,3,7H2,1-2H3/b13-8+. The van der Waals surface area contributed by atoms with E-state index in [-0.39, 0.29) is 18.6 Å². The third kappa shape index (κ3) is 5.04. The molecule has 5 nitrogen and oxygen atoms in total. The number of carbonyl (C=O) groups excluding carboxylic acids is 2. The third-order valence-electron chi connectivity index (χ3n) is 2.54. The summed E-state index contributed by atoms with van der Waals surface area (Å²) in [6, 6.07) is 7.07. The molecule has 0 aliphatic heterocycles. The molecule has 0 saturated heterocycles. The minimum absolute atomic E-state index is 0.0442. The summed E-state index contributed by atoms with van der Waals surface area (Å²) in [5, 5.41) is 8.41. The van der Waals surface area contributed by atoms with E-state index in [0.29, 0.717) is 11.3 Å². The zero-order chi connectivity index (χ0) is 15.8. The Hall–Kier alpha value is -2.13. The molecule has 6 heteroatoms. The van der Waals surface area contributed by atoms with E-state index in [9.17, 15) is 9.59 Å². The van der Waals surface area contributed by atoms with E-state index in [1.807, 2.05) is 6.07 Å². The van der Waals surface area contributed by atoms with Crippen molar-refractivity contribution in [3.8, 4) is 11.8 Å². The summed E-state index contributed by atoms with van der Waals surface area (Å²) < 4.78 is 10.9. The number of hydrogen-bond donors (Lipinski definition) is 0. The fraction of sp³-hybridized carbons (Fsp3) is 0.267. The smallest absolute Gasteiger partial charge is 0.341 e. The van der Waals surface area contributed by atoms with Crippen molar-refractivity contribution in [3.63, 3.8) is 0 Å². The second-order valence-corrected chi connectivity index (χ2v) is 4.96. The predicted molar refractivity (Wildman–Crippen MR) is 80.5 cm³/mol. The van der Waals surface area contributed by atoms with Crippen molar-refractivity contribution < 1.29 is 19.1 Å². The first-order valence-electron chi connectivity index (χ1n) is 6.09. The first-order valence-corrected chi connectivity index (χ1v) is 6.89. The number of methoxy groups -OCH3 is 1. The number of nitriles is 1. The van der Waals surface area contributed by atoms with Crippen LogP contribution in [0.2, 0.25) is 0 Å². The average Bonchev–Trinajstić information content (AvgIpc) is 2.45. The lowest BCUT2D eigenvalue weighted by Gasteiger charge is -2.08. The summed E-state index contributed by atoms with van der Waals surface area (Å²) in [5.41, 5.74) is 0.497. The van der Waals surface area contributed by atoms with E-state index < -0.39 is 11.8 Å². The molecule has 0 atom stereocenters. The van der Waals surface area contributed by atoms with Crippen LogP contribution in [0.3, 0.4) is 0 Å². The Kier molecular flexibility index (Phi) is 6.63. The molecule has 0 radical (unpaired) electrons. The topological polar surface area (TPSA) is 76.4 Å². The van der Waals surface area contributed by atoms with Crippen molar-refractivity contribution in [3.05, 3.63) is 33.8 Å². The molecule has 21 heavy (non-hydrogen) atoms. The maximum Gasteiger partial charge on any atom is 0.341 e. The van der Waals surface area contributed by atoms with Crippen LogP contribution in [-0.4, -0.2) is 25.5 Å². The highest BCUT2D eigenvalue weighted by molar-refractivity contribution is 9.10. The van der Waals surface area contributed by atoms with Crippen LogP contribution in [0.5, 0.6) is 5.75 Å². The molecule has 0 bridgehead atoms. The number of rotatable bonds is 6. The van der Waals surface area contributed by atoms with E-state index >= 15 is 0 Å². The van der Waals surface area contributed by atoms with Crippen molar-refractivity contribution >= 4 is 33.8 Å². The molecule has 1 rings (SSSR count). The lowest BCUT2D eigenvalue weighted by atomic mass is 10.1. The first-order chi connectivity index (χ1) is 9.99. The molecule has 0 aliphatic rings. The Bertz CT molecular complexity index is 617. The number of ketones is 1. The molecule has 110 valence electrons. The van der Waals surface area contributed by atoms with Crippen molar-refractivity contribution in [2.45, 2.75) is 13.3 Å². The van der Waals surface area contributed by atoms with Crippen LogP contribution in [0.25, 0.3) is 6.08 Å². The second-order valence-electron chi connectivity index (χ2n) is 4.04. The summed E-state index contributed by atoms with van der Waals surface area (Å²) in [4.78, 5) is 23.5. The van der Waals surface area contributed by atoms with Gasteiger partial charge in [-0.1, -0.05) is 22.0 Å². The molecule has 0 N–H and O–H groups in total. The van der Waals surface area contributed by atoms with Crippen LogP contribution in [-0.2, 0) is 14.3 Å². The van der Waals surface area contributed by atoms with Gasteiger partial charge in [0, 0.05) is 10.0 Å². The van der Waals surface area contributed by atoms with Gasteiger partial charge < -0.3 is 9.47 Å². The number of esters is 1. The maximum absolute atomic E-state index is 11.9. The van der Waals surface area contributed by atoms with Gasteiger partial charge in [-0.25, -0.2) is 4.79 Å². The molecule has 0 amide bonds. The Morgan fingerprint density at radius 1 is 1.43 bits per heavy atom. The summed E-state index contributed by atoms with van der Waals surface area (Å²) >= 11 is 3.31. The van der Waals surface area contributed by atoms with Crippen molar-refractivity contribution in [1.29, 1.82) is 5.26 Å². The SMILES string of the molecule is COc1cc(Br)ccc1/C=C(\C(C)=O)C(=O)OCCC#N. The van der Waals surface area contributed by atoms with Gasteiger partial charge in [-0.15, -0.1) is 0 Å². The molecule has 0 saturated carbocycles. The van der Waals surface area contributed by atoms with E-state index in [1.54, 1.807) is 18.2 Å². The molecular weight excluding hydrogens is 338 g/mol. The van der Waals surface area contributed by atoms with Gasteiger partial charge in [-0.3, -0.25) is 4.79 Å². The van der Waals surface area contributed by atoms with Crippen LogP contribution < -0.4 is 4.74 Å². The number of nitrogens with zero attached hydrogens (tertiary/aromatic N) is 1. The molecule has 0 aromatic heterocycles. The van der Waals surface area contributed by atoms with E-state index in [0.717, 1.165) is 4.47 Å². The highest BCUT2D eigenvalue weighted by atomic mass is 79.9. The van der Waals surface area contributed by atoms with Gasteiger partial charge in [-0.05, 0) is 25.1 Å². The van der Waals surface area contributed by atoms with E-state index in [1.165, 1.54) is 20.1 Å². The fourth-order valence-corrected chi connectivity index (χ4v) is 1.87. The Morgan fingerprint density at radius 3 is 2.71 bits per heavy atom. The van der Waals surface area contributed by atoms with E-state index in [2.05, 4.69) is 15.9 Å². The maximum atomic E-state index is 11.9. The molecule has 0 aliphatic carbocycles. The van der Waals surface area contributed by atoms with Crippen molar-refractivity contribution in [1.82, 2.24) is 0 Å². The van der Waals surface area contributed by atoms with Crippen LogP contribution in [0.1, 0.15) is 18.9 Å². The first kappa shape index (κ1) is 16.9. The minimum atomic E-state index is -0.747. The second kappa shape index (κ2) is 8.22. The highest BCUT2D eigenvalue weighted by Gasteiger charge is 2.17. The largest absolute Gasteiger partial charge is 0.496 e. The predicted octanol–water partition coefficient (Wildman–Crippen LogP) is 2.89. The molecule has 1 aromatic rings. The summed E-state index contributed by atoms with van der Waals surface area (Å²) in [5.74, 6) is -0.641. The monoisotopic (exact) mass is 351 g/mol. The number of Topliss-reactive ketones (excluding diaryl/α,β-unsaturated/α-hetero) is 1. The van der Waals surface area contributed by atoms with Crippen LogP contribution >= 0.6 is 15.9 Å². The fourth-order valence-electron chi connectivity index (χ4n) is 1.53.